The van der Waals surface area contributed by atoms with E-state index in [4.69, 9.17) is 15.2 Å². The van der Waals surface area contributed by atoms with E-state index in [9.17, 15) is 0 Å². The molecule has 1 aromatic heterocycles. The summed E-state index contributed by atoms with van der Waals surface area (Å²) in [7, 11) is 0. The van der Waals surface area contributed by atoms with Gasteiger partial charge in [-0.15, -0.1) is 0 Å². The summed E-state index contributed by atoms with van der Waals surface area (Å²) >= 11 is 0. The lowest BCUT2D eigenvalue weighted by atomic mass is 10.3. The van der Waals surface area contributed by atoms with E-state index >= 15 is 0 Å². The largest absolute Gasteiger partial charge is 0.494 e. The number of nitrogen functional groups attached to an aromatic ring is 1. The summed E-state index contributed by atoms with van der Waals surface area (Å²) in [6.07, 6.45) is 0. The van der Waals surface area contributed by atoms with Gasteiger partial charge in [-0.25, -0.2) is 4.68 Å². The number of aryl methyl sites for hydroxylation is 1. The Morgan fingerprint density at radius 2 is 2.00 bits per heavy atom. The standard InChI is InChI=1S/C15H21N3O2/c1-5-19-12-7-6-8-13(9-12)20-15-14(16)11(4)17-18(15)10(2)3/h6-10H,5,16H2,1-4H3. The summed E-state index contributed by atoms with van der Waals surface area (Å²) in [6.45, 7) is 8.51. The third kappa shape index (κ3) is 2.87. The fraction of sp³-hybridized carbons (Fsp3) is 0.400. The second-order valence-corrected chi connectivity index (χ2v) is 4.85. The zero-order chi connectivity index (χ0) is 14.7. The first-order chi connectivity index (χ1) is 9.52. The Morgan fingerprint density at radius 1 is 1.30 bits per heavy atom. The second kappa shape index (κ2) is 5.86. The molecule has 0 bridgehead atoms. The molecule has 2 N–H and O–H groups in total. The first-order valence-electron chi connectivity index (χ1n) is 6.78. The zero-order valence-corrected chi connectivity index (χ0v) is 12.4. The van der Waals surface area contributed by atoms with Gasteiger partial charge in [-0.2, -0.15) is 5.10 Å². The van der Waals surface area contributed by atoms with E-state index in [2.05, 4.69) is 5.10 Å². The summed E-state index contributed by atoms with van der Waals surface area (Å²) in [4.78, 5) is 0. The highest BCUT2D eigenvalue weighted by molar-refractivity contribution is 5.54. The van der Waals surface area contributed by atoms with Gasteiger partial charge in [-0.05, 0) is 39.8 Å². The molecule has 2 rings (SSSR count). The van der Waals surface area contributed by atoms with Crippen molar-refractivity contribution in [2.24, 2.45) is 0 Å². The van der Waals surface area contributed by atoms with Crippen molar-refractivity contribution < 1.29 is 9.47 Å². The molecule has 0 amide bonds. The maximum Gasteiger partial charge on any atom is 0.241 e. The Hall–Kier alpha value is -2.17. The molecule has 0 unspecified atom stereocenters. The number of ether oxygens (including phenoxy) is 2. The molecule has 0 radical (unpaired) electrons. The molecular formula is C15H21N3O2. The monoisotopic (exact) mass is 275 g/mol. The van der Waals surface area contributed by atoms with Crippen molar-refractivity contribution in [1.82, 2.24) is 9.78 Å². The van der Waals surface area contributed by atoms with Crippen LogP contribution in [-0.4, -0.2) is 16.4 Å². The smallest absolute Gasteiger partial charge is 0.241 e. The summed E-state index contributed by atoms with van der Waals surface area (Å²) in [5.41, 5.74) is 7.39. The zero-order valence-electron chi connectivity index (χ0n) is 12.4. The molecular weight excluding hydrogens is 254 g/mol. The number of nitrogens with zero attached hydrogens (tertiary/aromatic N) is 2. The van der Waals surface area contributed by atoms with Crippen molar-refractivity contribution in [3.05, 3.63) is 30.0 Å². The van der Waals surface area contributed by atoms with E-state index in [0.717, 1.165) is 11.4 Å². The number of benzene rings is 1. The Balaban J connectivity index is 2.32. The Bertz CT molecular complexity index is 591. The van der Waals surface area contributed by atoms with Crippen molar-refractivity contribution in [2.75, 3.05) is 12.3 Å². The summed E-state index contributed by atoms with van der Waals surface area (Å²) < 4.78 is 13.2. The molecule has 0 aliphatic rings. The van der Waals surface area contributed by atoms with Crippen molar-refractivity contribution in [3.8, 4) is 17.4 Å². The Morgan fingerprint density at radius 3 is 2.65 bits per heavy atom. The number of hydrogen-bond donors (Lipinski definition) is 1. The average molecular weight is 275 g/mol. The third-order valence-corrected chi connectivity index (χ3v) is 2.91. The van der Waals surface area contributed by atoms with Crippen molar-refractivity contribution in [1.29, 1.82) is 0 Å². The normalized spacial score (nSPS) is 10.8. The van der Waals surface area contributed by atoms with Gasteiger partial charge in [0.1, 0.15) is 17.2 Å². The van der Waals surface area contributed by atoms with Crippen molar-refractivity contribution in [2.45, 2.75) is 33.7 Å². The van der Waals surface area contributed by atoms with Crippen LogP contribution < -0.4 is 15.2 Å². The maximum absolute atomic E-state index is 6.05. The Labute approximate surface area is 119 Å². The predicted molar refractivity (Wildman–Crippen MR) is 79.4 cm³/mol. The van der Waals surface area contributed by atoms with Crippen LogP contribution in [0.15, 0.2) is 24.3 Å². The highest BCUT2D eigenvalue weighted by Crippen LogP contribution is 2.33. The molecule has 1 aromatic carbocycles. The number of hydrogen-bond acceptors (Lipinski definition) is 4. The number of anilines is 1. The molecule has 20 heavy (non-hydrogen) atoms. The van der Waals surface area contributed by atoms with E-state index in [1.165, 1.54) is 0 Å². The van der Waals surface area contributed by atoms with Gasteiger partial charge < -0.3 is 15.2 Å². The SMILES string of the molecule is CCOc1cccc(Oc2c(N)c(C)nn2C(C)C)c1. The van der Waals surface area contributed by atoms with Crippen LogP contribution in [0.5, 0.6) is 17.4 Å². The van der Waals surface area contributed by atoms with Crippen LogP contribution in [0.1, 0.15) is 32.5 Å². The van der Waals surface area contributed by atoms with E-state index in [1.807, 2.05) is 52.0 Å². The molecule has 5 heteroatoms. The lowest BCUT2D eigenvalue weighted by Gasteiger charge is -2.13. The minimum absolute atomic E-state index is 0.177. The fourth-order valence-corrected chi connectivity index (χ4v) is 1.90. The Kier molecular flexibility index (Phi) is 4.17. The van der Waals surface area contributed by atoms with Crippen LogP contribution >= 0.6 is 0 Å². The summed E-state index contributed by atoms with van der Waals surface area (Å²) in [5.74, 6) is 2.03. The van der Waals surface area contributed by atoms with Crippen LogP contribution in [0.3, 0.4) is 0 Å². The van der Waals surface area contributed by atoms with Crippen LogP contribution in [0.25, 0.3) is 0 Å². The van der Waals surface area contributed by atoms with Gasteiger partial charge in [0, 0.05) is 6.07 Å². The second-order valence-electron chi connectivity index (χ2n) is 4.85. The van der Waals surface area contributed by atoms with Gasteiger partial charge in [0.05, 0.1) is 18.3 Å². The first-order valence-corrected chi connectivity index (χ1v) is 6.78. The molecule has 5 nitrogen and oxygen atoms in total. The number of aromatic nitrogens is 2. The molecule has 2 aromatic rings. The average Bonchev–Trinajstić information content (AvgIpc) is 2.68. The lowest BCUT2D eigenvalue weighted by Crippen LogP contribution is -2.05. The molecule has 0 fully saturated rings. The molecule has 0 spiro atoms. The van der Waals surface area contributed by atoms with Gasteiger partial charge in [-0.3, -0.25) is 0 Å². The molecule has 0 atom stereocenters. The highest BCUT2D eigenvalue weighted by Gasteiger charge is 2.17. The van der Waals surface area contributed by atoms with Gasteiger partial charge in [0.15, 0.2) is 0 Å². The minimum Gasteiger partial charge on any atom is -0.494 e. The topological polar surface area (TPSA) is 62.3 Å². The van der Waals surface area contributed by atoms with Crippen LogP contribution in [0.2, 0.25) is 0 Å². The van der Waals surface area contributed by atoms with Crippen LogP contribution in [-0.2, 0) is 0 Å². The van der Waals surface area contributed by atoms with Gasteiger partial charge in [0.25, 0.3) is 0 Å². The van der Waals surface area contributed by atoms with E-state index in [-0.39, 0.29) is 6.04 Å². The molecule has 0 aliphatic carbocycles. The summed E-state index contributed by atoms with van der Waals surface area (Å²) in [5, 5.41) is 4.40. The lowest BCUT2D eigenvalue weighted by molar-refractivity contribution is 0.336. The number of nitrogens with two attached hydrogens (primary N) is 1. The van der Waals surface area contributed by atoms with Gasteiger partial charge >= 0.3 is 0 Å². The molecule has 0 saturated heterocycles. The van der Waals surface area contributed by atoms with Crippen LogP contribution in [0, 0.1) is 6.92 Å². The summed E-state index contributed by atoms with van der Waals surface area (Å²) in [6, 6.07) is 7.67. The van der Waals surface area contributed by atoms with Crippen molar-refractivity contribution >= 4 is 5.69 Å². The van der Waals surface area contributed by atoms with Gasteiger partial charge in [0.2, 0.25) is 5.88 Å². The van der Waals surface area contributed by atoms with E-state index in [0.29, 0.717) is 23.9 Å². The van der Waals surface area contributed by atoms with Crippen molar-refractivity contribution in [3.63, 3.8) is 0 Å². The molecule has 0 aliphatic heterocycles. The molecule has 108 valence electrons. The third-order valence-electron chi connectivity index (χ3n) is 2.91. The molecule has 1 heterocycles. The predicted octanol–water partition coefficient (Wildman–Crippen LogP) is 3.55. The quantitative estimate of drug-likeness (QED) is 0.906. The maximum atomic E-state index is 6.05. The fourth-order valence-electron chi connectivity index (χ4n) is 1.90. The number of rotatable bonds is 5. The highest BCUT2D eigenvalue weighted by atomic mass is 16.5. The van der Waals surface area contributed by atoms with E-state index < -0.39 is 0 Å². The van der Waals surface area contributed by atoms with E-state index in [1.54, 1.807) is 4.68 Å². The first kappa shape index (κ1) is 14.2. The van der Waals surface area contributed by atoms with Gasteiger partial charge in [-0.1, -0.05) is 6.07 Å². The minimum atomic E-state index is 0.177. The van der Waals surface area contributed by atoms with Crippen LogP contribution in [0.4, 0.5) is 5.69 Å². The molecule has 0 saturated carbocycles.